The molecule has 18 heavy (non-hydrogen) atoms. The first-order valence-corrected chi connectivity index (χ1v) is 5.59. The molecule has 2 aromatic carbocycles. The van der Waals surface area contributed by atoms with E-state index in [0.29, 0.717) is 12.1 Å². The van der Waals surface area contributed by atoms with Gasteiger partial charge in [-0.05, 0) is 23.8 Å². The quantitative estimate of drug-likeness (QED) is 0.634. The third kappa shape index (κ3) is 2.88. The maximum atomic E-state index is 13.4. The highest BCUT2D eigenvalue weighted by Gasteiger charge is 2.04. The Hall–Kier alpha value is -2.31. The Morgan fingerprint density at radius 3 is 2.56 bits per heavy atom. The van der Waals surface area contributed by atoms with E-state index in [2.05, 4.69) is 16.8 Å². The minimum atomic E-state index is -0.364. The van der Waals surface area contributed by atoms with Crippen LogP contribution in [0, 0.1) is 18.2 Å². The van der Waals surface area contributed by atoms with Gasteiger partial charge in [0.1, 0.15) is 5.82 Å². The Morgan fingerprint density at radius 1 is 1.06 bits per heavy atom. The number of benzene rings is 2. The Balaban J connectivity index is 1.99. The molecule has 0 aliphatic rings. The molecular formula is C15H13FN2. The number of nitrogens with one attached hydrogen (secondary N) is 2. The van der Waals surface area contributed by atoms with Gasteiger partial charge in [-0.2, -0.15) is 0 Å². The molecule has 0 amide bonds. The maximum absolute atomic E-state index is 13.4. The molecular weight excluding hydrogens is 227 g/mol. The summed E-state index contributed by atoms with van der Waals surface area (Å²) in [6.45, 7) is 0.451. The second kappa shape index (κ2) is 5.85. The van der Waals surface area contributed by atoms with Crippen molar-refractivity contribution in [1.29, 1.82) is 0 Å². The molecule has 90 valence electrons. The fraction of sp³-hybridized carbons (Fsp3) is 0.0667. The molecule has 0 unspecified atom stereocenters. The van der Waals surface area contributed by atoms with E-state index in [1.54, 1.807) is 12.1 Å². The third-order valence-corrected chi connectivity index (χ3v) is 2.53. The molecule has 2 N–H and O–H groups in total. The van der Waals surface area contributed by atoms with E-state index < -0.39 is 0 Å². The van der Waals surface area contributed by atoms with Crippen molar-refractivity contribution in [3.05, 3.63) is 65.5 Å². The molecule has 2 nitrogen and oxygen atoms in total. The van der Waals surface area contributed by atoms with E-state index >= 15 is 0 Å². The molecule has 0 saturated heterocycles. The van der Waals surface area contributed by atoms with E-state index in [4.69, 9.17) is 6.42 Å². The van der Waals surface area contributed by atoms with Crippen molar-refractivity contribution >= 4 is 5.69 Å². The minimum absolute atomic E-state index is 0.305. The second-order valence-electron chi connectivity index (χ2n) is 3.76. The predicted molar refractivity (Wildman–Crippen MR) is 71.2 cm³/mol. The largest absolute Gasteiger partial charge is 0.321 e. The number of rotatable bonds is 4. The first kappa shape index (κ1) is 12.2. The highest BCUT2D eigenvalue weighted by atomic mass is 19.1. The summed E-state index contributed by atoms with van der Waals surface area (Å²) in [5.74, 6) is 2.01. The number of para-hydroxylation sites is 1. The van der Waals surface area contributed by atoms with Crippen molar-refractivity contribution in [1.82, 2.24) is 5.43 Å². The lowest BCUT2D eigenvalue weighted by atomic mass is 10.1. The van der Waals surface area contributed by atoms with Gasteiger partial charge in [-0.3, -0.25) is 0 Å². The molecule has 0 fully saturated rings. The topological polar surface area (TPSA) is 24.1 Å². The number of halogens is 1. The number of anilines is 1. The van der Waals surface area contributed by atoms with Crippen LogP contribution in [-0.2, 0) is 6.54 Å². The van der Waals surface area contributed by atoms with Gasteiger partial charge in [0.05, 0.1) is 5.56 Å². The van der Waals surface area contributed by atoms with Crippen LogP contribution in [0.15, 0.2) is 48.5 Å². The van der Waals surface area contributed by atoms with E-state index in [9.17, 15) is 4.39 Å². The molecule has 0 saturated carbocycles. The van der Waals surface area contributed by atoms with Crippen LogP contribution in [0.4, 0.5) is 10.1 Å². The second-order valence-corrected chi connectivity index (χ2v) is 3.76. The van der Waals surface area contributed by atoms with Crippen LogP contribution in [0.2, 0.25) is 0 Å². The molecule has 0 aliphatic carbocycles. The van der Waals surface area contributed by atoms with Gasteiger partial charge in [0.15, 0.2) is 0 Å². The molecule has 2 rings (SSSR count). The summed E-state index contributed by atoms with van der Waals surface area (Å²) in [7, 11) is 0. The van der Waals surface area contributed by atoms with Crippen LogP contribution in [-0.4, -0.2) is 0 Å². The van der Waals surface area contributed by atoms with Gasteiger partial charge in [-0.15, -0.1) is 6.42 Å². The summed E-state index contributed by atoms with van der Waals surface area (Å²) in [6.07, 6.45) is 5.30. The van der Waals surface area contributed by atoms with E-state index in [1.807, 2.05) is 30.3 Å². The lowest BCUT2D eigenvalue weighted by molar-refractivity contribution is 0.619. The van der Waals surface area contributed by atoms with Crippen LogP contribution < -0.4 is 10.9 Å². The smallest absolute Gasteiger partial charge is 0.139 e. The Labute approximate surface area is 106 Å². The monoisotopic (exact) mass is 240 g/mol. The van der Waals surface area contributed by atoms with Crippen LogP contribution in [0.1, 0.15) is 11.1 Å². The average Bonchev–Trinajstić information content (AvgIpc) is 2.40. The summed E-state index contributed by atoms with van der Waals surface area (Å²) < 4.78 is 13.4. The van der Waals surface area contributed by atoms with Gasteiger partial charge >= 0.3 is 0 Å². The van der Waals surface area contributed by atoms with Gasteiger partial charge in [0.25, 0.3) is 0 Å². The third-order valence-electron chi connectivity index (χ3n) is 2.53. The summed E-state index contributed by atoms with van der Waals surface area (Å²) >= 11 is 0. The standard InChI is InChI=1S/C15H13FN2/c1-2-14-12(7-6-10-15(14)16)11-17-18-13-8-4-3-5-9-13/h1,3-10,17-18H,11H2. The predicted octanol–water partition coefficient (Wildman–Crippen LogP) is 2.92. The van der Waals surface area contributed by atoms with Crippen molar-refractivity contribution < 1.29 is 4.39 Å². The van der Waals surface area contributed by atoms with Crippen molar-refractivity contribution in [2.24, 2.45) is 0 Å². The Kier molecular flexibility index (Phi) is 3.95. The van der Waals surface area contributed by atoms with Crippen LogP contribution in [0.5, 0.6) is 0 Å². The molecule has 0 aliphatic heterocycles. The summed E-state index contributed by atoms with van der Waals surface area (Å²) in [4.78, 5) is 0. The van der Waals surface area contributed by atoms with Crippen LogP contribution in [0.25, 0.3) is 0 Å². The van der Waals surface area contributed by atoms with E-state index in [-0.39, 0.29) is 5.82 Å². The minimum Gasteiger partial charge on any atom is -0.321 e. The normalized spacial score (nSPS) is 9.78. The fourth-order valence-electron chi connectivity index (χ4n) is 1.64. The Bertz CT molecular complexity index is 558. The lowest BCUT2D eigenvalue weighted by Crippen LogP contribution is -2.21. The van der Waals surface area contributed by atoms with E-state index in [0.717, 1.165) is 11.3 Å². The number of hydrogen-bond donors (Lipinski definition) is 2. The molecule has 0 aromatic heterocycles. The summed E-state index contributed by atoms with van der Waals surface area (Å²) in [5, 5.41) is 0. The molecule has 2 aromatic rings. The average molecular weight is 240 g/mol. The van der Waals surface area contributed by atoms with Gasteiger partial charge in [-0.25, -0.2) is 9.82 Å². The van der Waals surface area contributed by atoms with Crippen molar-refractivity contribution in [3.8, 4) is 12.3 Å². The van der Waals surface area contributed by atoms with Crippen molar-refractivity contribution in [3.63, 3.8) is 0 Å². The highest BCUT2D eigenvalue weighted by Crippen LogP contribution is 2.12. The molecule has 3 heteroatoms. The summed E-state index contributed by atoms with van der Waals surface area (Å²) in [6, 6.07) is 14.5. The number of hydrazine groups is 1. The molecule has 0 atom stereocenters. The molecule has 0 spiro atoms. The van der Waals surface area contributed by atoms with Crippen LogP contribution in [0.3, 0.4) is 0 Å². The SMILES string of the molecule is C#Cc1c(F)cccc1CNNc1ccccc1. The van der Waals surface area contributed by atoms with Crippen molar-refractivity contribution in [2.45, 2.75) is 6.54 Å². The fourth-order valence-corrected chi connectivity index (χ4v) is 1.64. The zero-order chi connectivity index (χ0) is 12.8. The molecule has 0 heterocycles. The Morgan fingerprint density at radius 2 is 1.83 bits per heavy atom. The van der Waals surface area contributed by atoms with Crippen molar-refractivity contribution in [2.75, 3.05) is 5.43 Å². The maximum Gasteiger partial charge on any atom is 0.139 e. The van der Waals surface area contributed by atoms with Gasteiger partial charge in [0.2, 0.25) is 0 Å². The van der Waals surface area contributed by atoms with Gasteiger partial charge < -0.3 is 5.43 Å². The van der Waals surface area contributed by atoms with Crippen LogP contribution >= 0.6 is 0 Å². The zero-order valence-electron chi connectivity index (χ0n) is 9.78. The zero-order valence-corrected chi connectivity index (χ0v) is 9.78. The number of terminal acetylenes is 1. The molecule has 0 radical (unpaired) electrons. The lowest BCUT2D eigenvalue weighted by Gasteiger charge is -2.10. The highest BCUT2D eigenvalue weighted by molar-refractivity contribution is 5.43. The van der Waals surface area contributed by atoms with Gasteiger partial charge in [-0.1, -0.05) is 36.3 Å². The van der Waals surface area contributed by atoms with Gasteiger partial charge in [0, 0.05) is 12.2 Å². The first-order valence-electron chi connectivity index (χ1n) is 5.59. The number of hydrogen-bond acceptors (Lipinski definition) is 2. The summed E-state index contributed by atoms with van der Waals surface area (Å²) in [5.41, 5.74) is 8.03. The van der Waals surface area contributed by atoms with E-state index in [1.165, 1.54) is 6.07 Å². The molecule has 0 bridgehead atoms. The first-order chi connectivity index (χ1) is 8.81.